The summed E-state index contributed by atoms with van der Waals surface area (Å²) in [6.07, 6.45) is 1.54. The van der Waals surface area contributed by atoms with Gasteiger partial charge in [0.05, 0.1) is 10.0 Å². The molecule has 0 aliphatic heterocycles. The Morgan fingerprint density at radius 3 is 2.64 bits per heavy atom. The molecule has 1 heterocycles. The van der Waals surface area contributed by atoms with Crippen molar-refractivity contribution >= 4 is 29.0 Å². The van der Waals surface area contributed by atoms with E-state index in [4.69, 9.17) is 28.9 Å². The third kappa shape index (κ3) is 3.70. The summed E-state index contributed by atoms with van der Waals surface area (Å²) >= 11 is 11.6. The first-order valence-corrected chi connectivity index (χ1v) is 4.98. The summed E-state index contributed by atoms with van der Waals surface area (Å²) in [5.74, 6) is 0.606. The van der Waals surface area contributed by atoms with Gasteiger partial charge in [-0.2, -0.15) is 0 Å². The zero-order valence-electron chi connectivity index (χ0n) is 8.14. The van der Waals surface area contributed by atoms with E-state index in [2.05, 4.69) is 10.3 Å². The molecule has 0 aromatic carbocycles. The lowest BCUT2D eigenvalue weighted by Gasteiger charge is -2.19. The topological polar surface area (TPSA) is 50.9 Å². The van der Waals surface area contributed by atoms with Gasteiger partial charge in [0.2, 0.25) is 0 Å². The zero-order chi connectivity index (χ0) is 10.8. The average Bonchev–Trinajstić information content (AvgIpc) is 2.00. The quantitative estimate of drug-likeness (QED) is 0.844. The minimum Gasteiger partial charge on any atom is -0.367 e. The summed E-state index contributed by atoms with van der Waals surface area (Å²) in [6.45, 7) is 4.44. The van der Waals surface area contributed by atoms with E-state index in [0.717, 1.165) is 0 Å². The predicted molar refractivity (Wildman–Crippen MR) is 61.0 cm³/mol. The number of pyridine rings is 1. The van der Waals surface area contributed by atoms with Gasteiger partial charge < -0.3 is 11.1 Å². The fourth-order valence-electron chi connectivity index (χ4n) is 0.856. The van der Waals surface area contributed by atoms with Crippen molar-refractivity contribution in [2.24, 2.45) is 5.73 Å². The summed E-state index contributed by atoms with van der Waals surface area (Å²) in [7, 11) is 0. The summed E-state index contributed by atoms with van der Waals surface area (Å²) in [5.41, 5.74) is 5.50. The number of nitrogens with zero attached hydrogens (tertiary/aromatic N) is 1. The van der Waals surface area contributed by atoms with Crippen LogP contribution in [0.3, 0.4) is 0 Å². The van der Waals surface area contributed by atoms with Crippen molar-refractivity contribution < 1.29 is 0 Å². The molecule has 0 aliphatic rings. The number of anilines is 1. The Hall–Kier alpha value is -0.510. The van der Waals surface area contributed by atoms with Crippen LogP contribution in [0.4, 0.5) is 5.82 Å². The molecule has 1 aromatic rings. The monoisotopic (exact) mass is 233 g/mol. The number of hydrogen-bond donors (Lipinski definition) is 2. The molecule has 0 bridgehead atoms. The number of nitrogens with two attached hydrogens (primary N) is 1. The second kappa shape index (κ2) is 4.34. The maximum atomic E-state index is 5.91. The first-order valence-electron chi connectivity index (χ1n) is 4.22. The molecular weight excluding hydrogens is 221 g/mol. The average molecular weight is 234 g/mol. The molecule has 0 amide bonds. The molecule has 1 aromatic heterocycles. The van der Waals surface area contributed by atoms with Crippen molar-refractivity contribution in [2.45, 2.75) is 19.4 Å². The van der Waals surface area contributed by atoms with Gasteiger partial charge >= 0.3 is 0 Å². The van der Waals surface area contributed by atoms with E-state index in [0.29, 0.717) is 22.4 Å². The van der Waals surface area contributed by atoms with Gasteiger partial charge in [0.25, 0.3) is 0 Å². The standard InChI is InChI=1S/C9H13Cl2N3/c1-9(2,12)5-14-8-7(11)3-6(10)4-13-8/h3-4H,5,12H2,1-2H3,(H,13,14). The Morgan fingerprint density at radius 2 is 2.14 bits per heavy atom. The van der Waals surface area contributed by atoms with Crippen LogP contribution in [0.25, 0.3) is 0 Å². The molecule has 0 atom stereocenters. The molecule has 0 fully saturated rings. The summed E-state index contributed by atoms with van der Waals surface area (Å²) in [4.78, 5) is 4.05. The lowest BCUT2D eigenvalue weighted by atomic mass is 10.1. The minimum absolute atomic E-state index is 0.301. The highest BCUT2D eigenvalue weighted by molar-refractivity contribution is 6.35. The second-order valence-corrected chi connectivity index (χ2v) is 4.67. The van der Waals surface area contributed by atoms with Gasteiger partial charge in [0.1, 0.15) is 5.82 Å². The van der Waals surface area contributed by atoms with Crippen molar-refractivity contribution in [1.82, 2.24) is 4.98 Å². The van der Waals surface area contributed by atoms with Crippen molar-refractivity contribution in [3.05, 3.63) is 22.3 Å². The molecule has 0 aliphatic carbocycles. The van der Waals surface area contributed by atoms with Gasteiger partial charge in [-0.15, -0.1) is 0 Å². The van der Waals surface area contributed by atoms with E-state index < -0.39 is 0 Å². The van der Waals surface area contributed by atoms with Crippen LogP contribution in [-0.2, 0) is 0 Å². The van der Waals surface area contributed by atoms with Crippen LogP contribution >= 0.6 is 23.2 Å². The number of rotatable bonds is 3. The Bertz CT molecular complexity index is 320. The molecule has 1 rings (SSSR count). The van der Waals surface area contributed by atoms with Gasteiger partial charge in [-0.1, -0.05) is 23.2 Å². The van der Waals surface area contributed by atoms with Gasteiger partial charge in [0.15, 0.2) is 0 Å². The van der Waals surface area contributed by atoms with E-state index in [1.807, 2.05) is 13.8 Å². The first kappa shape index (κ1) is 11.6. The molecule has 0 spiro atoms. The maximum absolute atomic E-state index is 5.91. The van der Waals surface area contributed by atoms with Crippen LogP contribution in [0, 0.1) is 0 Å². The number of nitrogens with one attached hydrogen (secondary N) is 1. The van der Waals surface area contributed by atoms with Crippen molar-refractivity contribution in [3.63, 3.8) is 0 Å². The molecule has 5 heteroatoms. The SMILES string of the molecule is CC(C)(N)CNc1ncc(Cl)cc1Cl. The van der Waals surface area contributed by atoms with E-state index in [1.54, 1.807) is 12.3 Å². The van der Waals surface area contributed by atoms with Crippen LogP contribution < -0.4 is 11.1 Å². The zero-order valence-corrected chi connectivity index (χ0v) is 9.65. The lowest BCUT2D eigenvalue weighted by molar-refractivity contribution is 0.548. The number of halogens is 2. The fourth-order valence-corrected chi connectivity index (χ4v) is 1.30. The van der Waals surface area contributed by atoms with E-state index in [-0.39, 0.29) is 5.54 Å². The normalized spacial score (nSPS) is 11.5. The Balaban J connectivity index is 2.68. The number of aromatic nitrogens is 1. The largest absolute Gasteiger partial charge is 0.367 e. The third-order valence-electron chi connectivity index (χ3n) is 1.52. The molecule has 0 saturated heterocycles. The molecule has 3 nitrogen and oxygen atoms in total. The Morgan fingerprint density at radius 1 is 1.50 bits per heavy atom. The summed E-state index contributed by atoms with van der Waals surface area (Å²) in [5, 5.41) is 4.08. The molecule has 0 unspecified atom stereocenters. The van der Waals surface area contributed by atoms with Crippen LogP contribution in [0.15, 0.2) is 12.3 Å². The highest BCUT2D eigenvalue weighted by atomic mass is 35.5. The highest BCUT2D eigenvalue weighted by Gasteiger charge is 2.11. The van der Waals surface area contributed by atoms with Gasteiger partial charge in [-0.3, -0.25) is 0 Å². The van der Waals surface area contributed by atoms with Crippen LogP contribution in [0.2, 0.25) is 10.0 Å². The second-order valence-electron chi connectivity index (χ2n) is 3.83. The Labute approximate surface area is 93.6 Å². The molecule has 3 N–H and O–H groups in total. The Kier molecular flexibility index (Phi) is 3.59. The van der Waals surface area contributed by atoms with Crippen LogP contribution in [0.1, 0.15) is 13.8 Å². The predicted octanol–water partition coefficient (Wildman–Crippen LogP) is 2.54. The molecule has 0 radical (unpaired) electrons. The van der Waals surface area contributed by atoms with Crippen molar-refractivity contribution in [1.29, 1.82) is 0 Å². The molecule has 14 heavy (non-hydrogen) atoms. The minimum atomic E-state index is -0.301. The lowest BCUT2D eigenvalue weighted by Crippen LogP contribution is -2.39. The van der Waals surface area contributed by atoms with E-state index >= 15 is 0 Å². The molecule has 0 saturated carbocycles. The van der Waals surface area contributed by atoms with E-state index in [9.17, 15) is 0 Å². The summed E-state index contributed by atoms with van der Waals surface area (Å²) < 4.78 is 0. The van der Waals surface area contributed by atoms with Gasteiger partial charge in [0, 0.05) is 18.3 Å². The first-order chi connectivity index (χ1) is 6.38. The van der Waals surface area contributed by atoms with Crippen molar-refractivity contribution in [2.75, 3.05) is 11.9 Å². The van der Waals surface area contributed by atoms with Gasteiger partial charge in [-0.05, 0) is 19.9 Å². The fraction of sp³-hybridized carbons (Fsp3) is 0.444. The summed E-state index contributed by atoms with van der Waals surface area (Å²) in [6, 6.07) is 1.64. The number of hydrogen-bond acceptors (Lipinski definition) is 3. The maximum Gasteiger partial charge on any atom is 0.144 e. The molecular formula is C9H13Cl2N3. The van der Waals surface area contributed by atoms with Gasteiger partial charge in [-0.25, -0.2) is 4.98 Å². The third-order valence-corrected chi connectivity index (χ3v) is 2.01. The highest BCUT2D eigenvalue weighted by Crippen LogP contribution is 2.22. The smallest absolute Gasteiger partial charge is 0.144 e. The van der Waals surface area contributed by atoms with Crippen LogP contribution in [0.5, 0.6) is 0 Å². The molecule has 78 valence electrons. The van der Waals surface area contributed by atoms with Crippen LogP contribution in [-0.4, -0.2) is 17.1 Å². The van der Waals surface area contributed by atoms with E-state index in [1.165, 1.54) is 0 Å². The van der Waals surface area contributed by atoms with Crippen molar-refractivity contribution in [3.8, 4) is 0 Å².